The van der Waals surface area contributed by atoms with Crippen LogP contribution < -0.4 is 10.1 Å². The van der Waals surface area contributed by atoms with Crippen molar-refractivity contribution < 1.29 is 4.74 Å². The highest BCUT2D eigenvalue weighted by Crippen LogP contribution is 2.16. The second-order valence-electron chi connectivity index (χ2n) is 4.02. The Bertz CT molecular complexity index is 499. The van der Waals surface area contributed by atoms with E-state index in [1.807, 2.05) is 30.3 Å². The molecule has 1 N–H and O–H groups in total. The molecule has 0 atom stereocenters. The molecule has 1 heterocycles. The van der Waals surface area contributed by atoms with Crippen molar-refractivity contribution in [1.82, 2.24) is 4.57 Å². The molecule has 0 unspecified atom stereocenters. The summed E-state index contributed by atoms with van der Waals surface area (Å²) in [6.45, 7) is 5.40. The van der Waals surface area contributed by atoms with Crippen LogP contribution in [0.5, 0.6) is 5.75 Å². The molecule has 0 aliphatic rings. The van der Waals surface area contributed by atoms with E-state index in [1.54, 1.807) is 7.11 Å². The maximum atomic E-state index is 5.13. The van der Waals surface area contributed by atoms with Gasteiger partial charge in [-0.1, -0.05) is 6.08 Å². The predicted molar refractivity (Wildman–Crippen MR) is 74.9 cm³/mol. The SMILES string of the molecule is C=CCn1cccc1CNc1ccc(OC)cc1. The highest BCUT2D eigenvalue weighted by molar-refractivity contribution is 5.46. The van der Waals surface area contributed by atoms with E-state index in [1.165, 1.54) is 5.69 Å². The molecule has 0 saturated heterocycles. The van der Waals surface area contributed by atoms with Gasteiger partial charge in [-0.05, 0) is 36.4 Å². The fourth-order valence-electron chi connectivity index (χ4n) is 1.83. The first-order valence-electron chi connectivity index (χ1n) is 5.96. The third-order valence-electron chi connectivity index (χ3n) is 2.81. The van der Waals surface area contributed by atoms with E-state index < -0.39 is 0 Å². The van der Waals surface area contributed by atoms with Gasteiger partial charge in [0.25, 0.3) is 0 Å². The van der Waals surface area contributed by atoms with E-state index in [9.17, 15) is 0 Å². The lowest BCUT2D eigenvalue weighted by atomic mass is 10.3. The molecule has 2 rings (SSSR count). The largest absolute Gasteiger partial charge is 0.497 e. The Hall–Kier alpha value is -2.16. The highest BCUT2D eigenvalue weighted by Gasteiger charge is 1.99. The summed E-state index contributed by atoms with van der Waals surface area (Å²) in [4.78, 5) is 0. The molecule has 1 aromatic carbocycles. The van der Waals surface area contributed by atoms with Crippen LogP contribution in [0.3, 0.4) is 0 Å². The summed E-state index contributed by atoms with van der Waals surface area (Å²) in [6, 6.07) is 12.1. The number of rotatable bonds is 6. The number of nitrogens with one attached hydrogen (secondary N) is 1. The average molecular weight is 242 g/mol. The van der Waals surface area contributed by atoms with Crippen molar-refractivity contribution in [3.05, 3.63) is 60.9 Å². The number of allylic oxidation sites excluding steroid dienone is 1. The number of hydrogen-bond acceptors (Lipinski definition) is 2. The average Bonchev–Trinajstić information content (AvgIpc) is 2.85. The molecule has 94 valence electrons. The van der Waals surface area contributed by atoms with Gasteiger partial charge in [0, 0.05) is 24.1 Å². The van der Waals surface area contributed by atoms with Gasteiger partial charge in [0.15, 0.2) is 0 Å². The molecular weight excluding hydrogens is 224 g/mol. The molecule has 18 heavy (non-hydrogen) atoms. The van der Waals surface area contributed by atoms with E-state index in [2.05, 4.69) is 34.8 Å². The van der Waals surface area contributed by atoms with Crippen molar-refractivity contribution in [1.29, 1.82) is 0 Å². The number of ether oxygens (including phenoxy) is 1. The van der Waals surface area contributed by atoms with Crippen LogP contribution in [0, 0.1) is 0 Å². The van der Waals surface area contributed by atoms with Crippen molar-refractivity contribution in [2.24, 2.45) is 0 Å². The van der Waals surface area contributed by atoms with Crippen LogP contribution in [-0.2, 0) is 13.1 Å². The van der Waals surface area contributed by atoms with Crippen molar-refractivity contribution in [3.63, 3.8) is 0 Å². The van der Waals surface area contributed by atoms with Gasteiger partial charge in [0.05, 0.1) is 13.7 Å². The summed E-state index contributed by atoms with van der Waals surface area (Å²) in [5.41, 5.74) is 2.33. The van der Waals surface area contributed by atoms with Gasteiger partial charge in [0.2, 0.25) is 0 Å². The van der Waals surface area contributed by atoms with Gasteiger partial charge in [-0.25, -0.2) is 0 Å². The van der Waals surface area contributed by atoms with Gasteiger partial charge < -0.3 is 14.6 Å². The summed E-state index contributed by atoms with van der Waals surface area (Å²) in [5.74, 6) is 0.871. The van der Waals surface area contributed by atoms with E-state index >= 15 is 0 Å². The first-order valence-corrected chi connectivity index (χ1v) is 5.96. The molecule has 0 bridgehead atoms. The van der Waals surface area contributed by atoms with E-state index in [0.717, 1.165) is 24.5 Å². The van der Waals surface area contributed by atoms with Crippen molar-refractivity contribution in [2.75, 3.05) is 12.4 Å². The predicted octanol–water partition coefficient (Wildman–Crippen LogP) is 3.29. The van der Waals surface area contributed by atoms with Crippen molar-refractivity contribution in [2.45, 2.75) is 13.1 Å². The first-order chi connectivity index (χ1) is 8.83. The van der Waals surface area contributed by atoms with Crippen LogP contribution in [-0.4, -0.2) is 11.7 Å². The fraction of sp³-hybridized carbons (Fsp3) is 0.200. The van der Waals surface area contributed by atoms with Gasteiger partial charge in [0.1, 0.15) is 5.75 Å². The summed E-state index contributed by atoms with van der Waals surface area (Å²) < 4.78 is 7.30. The fourth-order valence-corrected chi connectivity index (χ4v) is 1.83. The molecule has 0 radical (unpaired) electrons. The standard InChI is InChI=1S/C15H18N2O/c1-3-10-17-11-4-5-14(17)12-16-13-6-8-15(18-2)9-7-13/h3-9,11,16H,1,10,12H2,2H3. The Morgan fingerprint density at radius 2 is 2.06 bits per heavy atom. The molecule has 0 amide bonds. The van der Waals surface area contributed by atoms with Crippen LogP contribution in [0.15, 0.2) is 55.3 Å². The van der Waals surface area contributed by atoms with Gasteiger partial charge in [-0.2, -0.15) is 0 Å². The third kappa shape index (κ3) is 2.94. The van der Waals surface area contributed by atoms with Crippen molar-refractivity contribution >= 4 is 5.69 Å². The summed E-state index contributed by atoms with van der Waals surface area (Å²) in [6.07, 6.45) is 3.96. The number of hydrogen-bond donors (Lipinski definition) is 1. The normalized spacial score (nSPS) is 10.1. The molecule has 0 spiro atoms. The van der Waals surface area contributed by atoms with Crippen LogP contribution in [0.25, 0.3) is 0 Å². The molecule has 2 aromatic rings. The quantitative estimate of drug-likeness (QED) is 0.787. The minimum Gasteiger partial charge on any atom is -0.497 e. The Balaban J connectivity index is 1.97. The van der Waals surface area contributed by atoms with Gasteiger partial charge >= 0.3 is 0 Å². The Labute approximate surface area is 108 Å². The zero-order valence-electron chi connectivity index (χ0n) is 10.6. The minimum absolute atomic E-state index is 0.799. The van der Waals surface area contributed by atoms with Crippen LogP contribution in [0.4, 0.5) is 5.69 Å². The molecule has 0 aliphatic carbocycles. The second kappa shape index (κ2) is 5.96. The maximum absolute atomic E-state index is 5.13. The molecule has 0 saturated carbocycles. The Kier molecular flexibility index (Phi) is 4.07. The molecule has 1 aromatic heterocycles. The Morgan fingerprint density at radius 1 is 1.28 bits per heavy atom. The van der Waals surface area contributed by atoms with E-state index in [0.29, 0.717) is 0 Å². The van der Waals surface area contributed by atoms with Crippen LogP contribution in [0.2, 0.25) is 0 Å². The Morgan fingerprint density at radius 3 is 2.72 bits per heavy atom. The number of anilines is 1. The number of methoxy groups -OCH3 is 1. The van der Waals surface area contributed by atoms with Gasteiger partial charge in [-0.15, -0.1) is 6.58 Å². The first kappa shape index (κ1) is 12.3. The van der Waals surface area contributed by atoms with Crippen LogP contribution in [0.1, 0.15) is 5.69 Å². The molecule has 0 aliphatic heterocycles. The lowest BCUT2D eigenvalue weighted by Gasteiger charge is -2.10. The van der Waals surface area contributed by atoms with Gasteiger partial charge in [-0.3, -0.25) is 0 Å². The summed E-state index contributed by atoms with van der Waals surface area (Å²) in [7, 11) is 1.67. The molecule has 3 nitrogen and oxygen atoms in total. The maximum Gasteiger partial charge on any atom is 0.119 e. The molecule has 3 heteroatoms. The lowest BCUT2D eigenvalue weighted by molar-refractivity contribution is 0.415. The summed E-state index contributed by atoms with van der Waals surface area (Å²) in [5, 5.41) is 3.39. The minimum atomic E-state index is 0.799. The number of benzene rings is 1. The smallest absolute Gasteiger partial charge is 0.119 e. The zero-order chi connectivity index (χ0) is 12.8. The number of aromatic nitrogens is 1. The van der Waals surface area contributed by atoms with Crippen molar-refractivity contribution in [3.8, 4) is 5.75 Å². The monoisotopic (exact) mass is 242 g/mol. The van der Waals surface area contributed by atoms with Crippen LogP contribution >= 0.6 is 0 Å². The van der Waals surface area contributed by atoms with E-state index in [-0.39, 0.29) is 0 Å². The highest BCUT2D eigenvalue weighted by atomic mass is 16.5. The third-order valence-corrected chi connectivity index (χ3v) is 2.81. The summed E-state index contributed by atoms with van der Waals surface area (Å²) >= 11 is 0. The second-order valence-corrected chi connectivity index (χ2v) is 4.02. The van der Waals surface area contributed by atoms with E-state index in [4.69, 9.17) is 4.74 Å². The molecular formula is C15H18N2O. The number of nitrogens with zero attached hydrogens (tertiary/aromatic N) is 1. The zero-order valence-corrected chi connectivity index (χ0v) is 10.6. The topological polar surface area (TPSA) is 26.2 Å². The molecule has 0 fully saturated rings. The lowest BCUT2D eigenvalue weighted by Crippen LogP contribution is -2.06.